The molecule has 2 atom stereocenters. The number of carbonyl (C=O) groups excluding carboxylic acids is 3. The van der Waals surface area contributed by atoms with Crippen LogP contribution in [0.1, 0.15) is 16.8 Å². The Morgan fingerprint density at radius 2 is 1.66 bits per heavy atom. The fourth-order valence-electron chi connectivity index (χ4n) is 4.55. The Balaban J connectivity index is 1.51. The van der Waals surface area contributed by atoms with Crippen LogP contribution in [0.3, 0.4) is 0 Å². The van der Waals surface area contributed by atoms with Crippen molar-refractivity contribution in [2.45, 2.75) is 22.6 Å². The normalized spacial score (nSPS) is 17.8. The van der Waals surface area contributed by atoms with Crippen LogP contribution < -0.4 is 4.90 Å². The Morgan fingerprint density at radius 3 is 2.34 bits per heavy atom. The molecule has 0 aromatic heterocycles. The molecule has 1 aliphatic rings. The third-order valence-corrected chi connectivity index (χ3v) is 8.96. The summed E-state index contributed by atoms with van der Waals surface area (Å²) in [5.41, 5.74) is 0.874. The second-order valence-electron chi connectivity index (χ2n) is 9.14. The molecule has 3 aromatic carbocycles. The average molecular weight is 556 g/mol. The molecular formula is C27H29N3O6S2. The van der Waals surface area contributed by atoms with Crippen LogP contribution in [0, 0.1) is 0 Å². The van der Waals surface area contributed by atoms with Gasteiger partial charge >= 0.3 is 5.97 Å². The maximum Gasteiger partial charge on any atom is 0.337 e. The predicted molar refractivity (Wildman–Crippen MR) is 148 cm³/mol. The van der Waals surface area contributed by atoms with Crippen molar-refractivity contribution in [3.05, 3.63) is 72.3 Å². The number of fused-ring (bicyclic) bond motifs is 1. The van der Waals surface area contributed by atoms with E-state index in [0.717, 1.165) is 5.39 Å². The van der Waals surface area contributed by atoms with Crippen molar-refractivity contribution in [2.75, 3.05) is 39.2 Å². The topological polar surface area (TPSA) is 104 Å². The van der Waals surface area contributed by atoms with Crippen molar-refractivity contribution in [1.82, 2.24) is 9.21 Å². The van der Waals surface area contributed by atoms with Gasteiger partial charge in [-0.3, -0.25) is 9.59 Å². The largest absolute Gasteiger partial charge is 0.465 e. The molecule has 2 unspecified atom stereocenters. The zero-order chi connectivity index (χ0) is 27.6. The molecule has 200 valence electrons. The number of carbonyl (C=O) groups is 3. The number of nitrogens with zero attached hydrogens (tertiary/aromatic N) is 3. The summed E-state index contributed by atoms with van der Waals surface area (Å²) >= 11 is 4.49. The van der Waals surface area contributed by atoms with Gasteiger partial charge in [-0.2, -0.15) is 16.9 Å². The second kappa shape index (κ2) is 11.1. The van der Waals surface area contributed by atoms with E-state index >= 15 is 0 Å². The molecule has 11 heteroatoms. The summed E-state index contributed by atoms with van der Waals surface area (Å²) in [6.07, 6.45) is 0.231. The standard InChI is InChI=1S/C27H29N3O6S2/c1-28(17-25(31)29(2)20-13-11-19(12-14-20)27(33)36-3)26(32)23-15-21(37)16-30(23)38(34,35)24-10-6-8-18-7-4-5-9-22(18)24/h4-14,21,23,37H,15-17H2,1-3H3. The van der Waals surface area contributed by atoms with Crippen LogP contribution >= 0.6 is 12.6 Å². The van der Waals surface area contributed by atoms with Gasteiger partial charge < -0.3 is 14.5 Å². The number of thiol groups is 1. The van der Waals surface area contributed by atoms with E-state index in [2.05, 4.69) is 17.4 Å². The summed E-state index contributed by atoms with van der Waals surface area (Å²) in [6.45, 7) is -0.177. The molecular weight excluding hydrogens is 526 g/mol. The first-order valence-electron chi connectivity index (χ1n) is 11.9. The molecule has 0 aliphatic carbocycles. The lowest BCUT2D eigenvalue weighted by Gasteiger charge is -2.28. The lowest BCUT2D eigenvalue weighted by Crippen LogP contribution is -2.49. The van der Waals surface area contributed by atoms with Crippen molar-refractivity contribution in [1.29, 1.82) is 0 Å². The Kier molecular flexibility index (Phi) is 8.10. The fourth-order valence-corrected chi connectivity index (χ4v) is 6.89. The number of esters is 1. The third kappa shape index (κ3) is 5.40. The van der Waals surface area contributed by atoms with E-state index < -0.39 is 27.9 Å². The van der Waals surface area contributed by atoms with Crippen molar-refractivity contribution >= 4 is 56.9 Å². The third-order valence-electron chi connectivity index (χ3n) is 6.65. The Labute approximate surface area is 227 Å². The van der Waals surface area contributed by atoms with Gasteiger partial charge in [0.15, 0.2) is 0 Å². The van der Waals surface area contributed by atoms with E-state index in [4.69, 9.17) is 0 Å². The molecule has 1 fully saturated rings. The van der Waals surface area contributed by atoms with E-state index in [1.807, 2.05) is 18.2 Å². The first-order valence-corrected chi connectivity index (χ1v) is 13.9. The lowest BCUT2D eigenvalue weighted by molar-refractivity contribution is -0.136. The molecule has 9 nitrogen and oxygen atoms in total. The molecule has 0 radical (unpaired) electrons. The minimum Gasteiger partial charge on any atom is -0.465 e. The minimum atomic E-state index is -4.02. The molecule has 4 rings (SSSR count). The number of likely N-dealkylation sites (N-methyl/N-ethyl adjacent to an activating group) is 2. The molecule has 1 saturated heterocycles. The SMILES string of the molecule is COC(=O)c1ccc(N(C)C(=O)CN(C)C(=O)C2CC(S)CN2S(=O)(=O)c2cccc3ccccc23)cc1. The average Bonchev–Trinajstić information content (AvgIpc) is 3.33. The number of anilines is 1. The van der Waals surface area contributed by atoms with Crippen LogP contribution in [-0.2, 0) is 24.3 Å². The molecule has 2 amide bonds. The van der Waals surface area contributed by atoms with E-state index in [9.17, 15) is 22.8 Å². The highest BCUT2D eigenvalue weighted by molar-refractivity contribution is 7.89. The van der Waals surface area contributed by atoms with Crippen LogP contribution in [0.15, 0.2) is 71.6 Å². The highest BCUT2D eigenvalue weighted by Gasteiger charge is 2.44. The van der Waals surface area contributed by atoms with E-state index in [1.54, 1.807) is 55.6 Å². The van der Waals surface area contributed by atoms with Gasteiger partial charge in [0.2, 0.25) is 21.8 Å². The first-order chi connectivity index (χ1) is 18.0. The van der Waals surface area contributed by atoms with E-state index in [-0.39, 0.29) is 35.6 Å². The van der Waals surface area contributed by atoms with Gasteiger partial charge in [-0.05, 0) is 42.1 Å². The summed E-state index contributed by atoms with van der Waals surface area (Å²) in [5.74, 6) is -1.35. The molecule has 1 heterocycles. The minimum absolute atomic E-state index is 0.0826. The van der Waals surface area contributed by atoms with Gasteiger partial charge in [-0.15, -0.1) is 0 Å². The lowest BCUT2D eigenvalue weighted by atomic mass is 10.1. The van der Waals surface area contributed by atoms with Gasteiger partial charge in [0.1, 0.15) is 6.04 Å². The number of ether oxygens (including phenoxy) is 1. The summed E-state index contributed by atoms with van der Waals surface area (Å²) in [6, 6.07) is 17.5. The number of rotatable bonds is 7. The van der Waals surface area contributed by atoms with Crippen molar-refractivity contribution in [2.24, 2.45) is 0 Å². The number of hydrogen-bond donors (Lipinski definition) is 1. The van der Waals surface area contributed by atoms with Crippen molar-refractivity contribution in [3.8, 4) is 0 Å². The first kappa shape index (κ1) is 27.6. The zero-order valence-electron chi connectivity index (χ0n) is 21.3. The number of sulfonamides is 1. The van der Waals surface area contributed by atoms with E-state index in [0.29, 0.717) is 16.6 Å². The molecule has 1 aliphatic heterocycles. The Hall–Kier alpha value is -3.41. The fraction of sp³-hybridized carbons (Fsp3) is 0.296. The monoisotopic (exact) mass is 555 g/mol. The molecule has 0 saturated carbocycles. The molecule has 0 spiro atoms. The number of methoxy groups -OCH3 is 1. The smallest absolute Gasteiger partial charge is 0.337 e. The molecule has 38 heavy (non-hydrogen) atoms. The number of amides is 2. The molecule has 0 bridgehead atoms. The zero-order valence-corrected chi connectivity index (χ0v) is 23.0. The van der Waals surface area contributed by atoms with Gasteiger partial charge in [-0.1, -0.05) is 36.4 Å². The van der Waals surface area contributed by atoms with Crippen LogP contribution in [0.2, 0.25) is 0 Å². The van der Waals surface area contributed by atoms with Crippen LogP contribution in [0.5, 0.6) is 0 Å². The number of hydrogen-bond acceptors (Lipinski definition) is 7. The van der Waals surface area contributed by atoms with Crippen molar-refractivity contribution in [3.63, 3.8) is 0 Å². The Bertz CT molecular complexity index is 1470. The molecule has 0 N–H and O–H groups in total. The van der Waals surface area contributed by atoms with Crippen LogP contribution in [0.25, 0.3) is 10.8 Å². The van der Waals surface area contributed by atoms with Gasteiger partial charge in [-0.25, -0.2) is 13.2 Å². The highest BCUT2D eigenvalue weighted by atomic mass is 32.2. The maximum atomic E-state index is 13.8. The quantitative estimate of drug-likeness (QED) is 0.355. The molecule has 3 aromatic rings. The van der Waals surface area contributed by atoms with Crippen LogP contribution in [-0.4, -0.2) is 81.0 Å². The Morgan fingerprint density at radius 1 is 1.00 bits per heavy atom. The summed E-state index contributed by atoms with van der Waals surface area (Å²) in [5, 5.41) is 1.03. The van der Waals surface area contributed by atoms with Crippen LogP contribution in [0.4, 0.5) is 5.69 Å². The van der Waals surface area contributed by atoms with Gasteiger partial charge in [0.05, 0.1) is 24.1 Å². The highest BCUT2D eigenvalue weighted by Crippen LogP contribution is 2.33. The maximum absolute atomic E-state index is 13.8. The summed E-state index contributed by atoms with van der Waals surface area (Å²) in [7, 11) is 0.297. The van der Waals surface area contributed by atoms with E-state index in [1.165, 1.54) is 28.3 Å². The summed E-state index contributed by atoms with van der Waals surface area (Å²) in [4.78, 5) is 40.8. The summed E-state index contributed by atoms with van der Waals surface area (Å²) < 4.78 is 33.4. The van der Waals surface area contributed by atoms with Crippen molar-refractivity contribution < 1.29 is 27.5 Å². The number of benzene rings is 3. The van der Waals surface area contributed by atoms with Gasteiger partial charge in [0.25, 0.3) is 0 Å². The van der Waals surface area contributed by atoms with Gasteiger partial charge in [0, 0.05) is 37.0 Å². The second-order valence-corrected chi connectivity index (χ2v) is 11.7. The predicted octanol–water partition coefficient (Wildman–Crippen LogP) is 2.81.